The van der Waals surface area contributed by atoms with Crippen molar-refractivity contribution in [3.8, 4) is 5.69 Å². The molecule has 6 nitrogen and oxygen atoms in total. The molecule has 0 saturated carbocycles. The van der Waals surface area contributed by atoms with E-state index in [0.717, 1.165) is 11.3 Å². The monoisotopic (exact) mass is 247 g/mol. The Morgan fingerprint density at radius 2 is 1.94 bits per heavy atom. The van der Waals surface area contributed by atoms with Crippen LogP contribution in [0.4, 0.5) is 5.69 Å². The molecule has 6 heteroatoms. The van der Waals surface area contributed by atoms with Gasteiger partial charge < -0.3 is 0 Å². The van der Waals surface area contributed by atoms with Crippen molar-refractivity contribution in [2.24, 2.45) is 0 Å². The minimum atomic E-state index is -0.468. The van der Waals surface area contributed by atoms with Crippen molar-refractivity contribution in [1.29, 1.82) is 0 Å². The first-order valence-electron chi connectivity index (χ1n) is 5.60. The van der Waals surface area contributed by atoms with Gasteiger partial charge in [0.1, 0.15) is 0 Å². The summed E-state index contributed by atoms with van der Waals surface area (Å²) in [5, 5.41) is 13.5. The molecule has 0 aliphatic carbocycles. The zero-order valence-corrected chi connectivity index (χ0v) is 10.1. The fourth-order valence-corrected chi connectivity index (χ4v) is 1.90. The molecule has 0 aliphatic rings. The Labute approximate surface area is 103 Å². The van der Waals surface area contributed by atoms with Gasteiger partial charge in [-0.05, 0) is 25.5 Å². The van der Waals surface area contributed by atoms with E-state index >= 15 is 0 Å². The number of hydrogen-bond donors (Lipinski definition) is 1. The standard InChI is InChI=1S/C12H13N3O3/c1-3-11-8(2)13-14(12(11)16)9-4-6-10(7-5-9)15(17)18/h4-7,13H,3H2,1-2H3. The highest BCUT2D eigenvalue weighted by Crippen LogP contribution is 2.14. The maximum absolute atomic E-state index is 12.0. The number of aryl methyl sites for hydroxylation is 1. The molecule has 0 aliphatic heterocycles. The summed E-state index contributed by atoms with van der Waals surface area (Å²) >= 11 is 0. The van der Waals surface area contributed by atoms with Gasteiger partial charge in [-0.2, -0.15) is 0 Å². The largest absolute Gasteiger partial charge is 0.295 e. The first-order chi connectivity index (χ1) is 8.54. The highest BCUT2D eigenvalue weighted by molar-refractivity contribution is 5.41. The van der Waals surface area contributed by atoms with Crippen LogP contribution in [0.15, 0.2) is 29.1 Å². The fourth-order valence-electron chi connectivity index (χ4n) is 1.90. The smallest absolute Gasteiger partial charge is 0.274 e. The highest BCUT2D eigenvalue weighted by atomic mass is 16.6. The Bertz CT molecular complexity index is 638. The second kappa shape index (κ2) is 4.48. The van der Waals surface area contributed by atoms with E-state index in [4.69, 9.17) is 0 Å². The Balaban J connectivity index is 2.49. The number of hydrogen-bond acceptors (Lipinski definition) is 3. The number of nitrogens with one attached hydrogen (secondary N) is 1. The van der Waals surface area contributed by atoms with Crippen LogP contribution in [0.2, 0.25) is 0 Å². The topological polar surface area (TPSA) is 80.9 Å². The Morgan fingerprint density at radius 1 is 1.33 bits per heavy atom. The SMILES string of the molecule is CCc1c(C)[nH]n(-c2ccc([N+](=O)[O-])cc2)c1=O. The summed E-state index contributed by atoms with van der Waals surface area (Å²) in [5.74, 6) is 0. The summed E-state index contributed by atoms with van der Waals surface area (Å²) in [5.41, 5.74) is 2.04. The summed E-state index contributed by atoms with van der Waals surface area (Å²) < 4.78 is 1.40. The van der Waals surface area contributed by atoms with Gasteiger partial charge >= 0.3 is 0 Å². The molecule has 18 heavy (non-hydrogen) atoms. The maximum Gasteiger partial charge on any atom is 0.274 e. The van der Waals surface area contributed by atoms with Crippen molar-refractivity contribution < 1.29 is 4.92 Å². The predicted molar refractivity (Wildman–Crippen MR) is 67.2 cm³/mol. The van der Waals surface area contributed by atoms with E-state index in [9.17, 15) is 14.9 Å². The lowest BCUT2D eigenvalue weighted by Gasteiger charge is -2.00. The van der Waals surface area contributed by atoms with E-state index in [0.29, 0.717) is 12.1 Å². The average molecular weight is 247 g/mol. The van der Waals surface area contributed by atoms with Gasteiger partial charge in [0.2, 0.25) is 0 Å². The van der Waals surface area contributed by atoms with E-state index in [1.807, 2.05) is 13.8 Å². The van der Waals surface area contributed by atoms with Crippen LogP contribution in [-0.4, -0.2) is 14.7 Å². The van der Waals surface area contributed by atoms with Crippen LogP contribution < -0.4 is 5.56 Å². The summed E-state index contributed by atoms with van der Waals surface area (Å²) in [7, 11) is 0. The van der Waals surface area contributed by atoms with Crippen molar-refractivity contribution >= 4 is 5.69 Å². The fraction of sp³-hybridized carbons (Fsp3) is 0.250. The zero-order chi connectivity index (χ0) is 13.3. The highest BCUT2D eigenvalue weighted by Gasteiger charge is 2.11. The summed E-state index contributed by atoms with van der Waals surface area (Å²) in [6.45, 7) is 3.75. The number of non-ortho nitro benzene ring substituents is 1. The Hall–Kier alpha value is -2.37. The van der Waals surface area contributed by atoms with Crippen LogP contribution in [0.5, 0.6) is 0 Å². The summed E-state index contributed by atoms with van der Waals surface area (Å²) in [6.07, 6.45) is 0.654. The number of aromatic nitrogens is 2. The Morgan fingerprint density at radius 3 is 2.39 bits per heavy atom. The molecule has 1 N–H and O–H groups in total. The number of nitro groups is 1. The molecule has 1 aromatic carbocycles. The van der Waals surface area contributed by atoms with Crippen LogP contribution in [0.3, 0.4) is 0 Å². The van der Waals surface area contributed by atoms with Gasteiger partial charge in [0.05, 0.1) is 10.6 Å². The summed E-state index contributed by atoms with van der Waals surface area (Å²) in [4.78, 5) is 22.1. The lowest BCUT2D eigenvalue weighted by atomic mass is 10.2. The molecular weight excluding hydrogens is 234 g/mol. The number of nitro benzene ring substituents is 1. The third kappa shape index (κ3) is 1.92. The molecule has 0 spiro atoms. The van der Waals surface area contributed by atoms with Crippen molar-refractivity contribution in [2.75, 3.05) is 0 Å². The molecule has 0 unspecified atom stereocenters. The van der Waals surface area contributed by atoms with E-state index in [-0.39, 0.29) is 11.2 Å². The molecule has 1 aromatic heterocycles. The van der Waals surface area contributed by atoms with E-state index in [1.54, 1.807) is 12.1 Å². The minimum absolute atomic E-state index is 0.00536. The van der Waals surface area contributed by atoms with Gasteiger partial charge in [-0.25, -0.2) is 4.68 Å². The van der Waals surface area contributed by atoms with Crippen LogP contribution in [0, 0.1) is 17.0 Å². The Kier molecular flexibility index (Phi) is 3.01. The molecule has 0 atom stereocenters. The van der Waals surface area contributed by atoms with E-state index in [2.05, 4.69) is 5.10 Å². The van der Waals surface area contributed by atoms with Gasteiger partial charge in [0, 0.05) is 23.4 Å². The molecule has 1 heterocycles. The second-order valence-corrected chi connectivity index (χ2v) is 3.98. The zero-order valence-electron chi connectivity index (χ0n) is 10.1. The number of nitrogens with zero attached hydrogens (tertiary/aromatic N) is 2. The summed E-state index contributed by atoms with van der Waals surface area (Å²) in [6, 6.07) is 5.86. The molecule has 94 valence electrons. The number of benzene rings is 1. The normalized spacial score (nSPS) is 10.6. The maximum atomic E-state index is 12.0. The average Bonchev–Trinajstić information content (AvgIpc) is 2.64. The van der Waals surface area contributed by atoms with Crippen molar-refractivity contribution in [2.45, 2.75) is 20.3 Å². The quantitative estimate of drug-likeness (QED) is 0.664. The van der Waals surface area contributed by atoms with Crippen LogP contribution in [0.1, 0.15) is 18.2 Å². The molecule has 2 aromatic rings. The van der Waals surface area contributed by atoms with Crippen LogP contribution in [0.25, 0.3) is 5.69 Å². The number of rotatable bonds is 3. The van der Waals surface area contributed by atoms with Gasteiger partial charge in [-0.3, -0.25) is 20.0 Å². The van der Waals surface area contributed by atoms with Crippen molar-refractivity contribution in [1.82, 2.24) is 9.78 Å². The lowest BCUT2D eigenvalue weighted by Crippen LogP contribution is -2.16. The molecule has 0 fully saturated rings. The number of H-pyrrole nitrogens is 1. The second-order valence-electron chi connectivity index (χ2n) is 3.98. The van der Waals surface area contributed by atoms with E-state index < -0.39 is 4.92 Å². The third-order valence-corrected chi connectivity index (χ3v) is 2.87. The molecule has 0 bridgehead atoms. The van der Waals surface area contributed by atoms with Crippen LogP contribution in [-0.2, 0) is 6.42 Å². The first-order valence-corrected chi connectivity index (χ1v) is 5.60. The van der Waals surface area contributed by atoms with Crippen LogP contribution >= 0.6 is 0 Å². The molecule has 0 radical (unpaired) electrons. The van der Waals surface area contributed by atoms with Crippen molar-refractivity contribution in [3.63, 3.8) is 0 Å². The minimum Gasteiger partial charge on any atom is -0.295 e. The van der Waals surface area contributed by atoms with Crippen molar-refractivity contribution in [3.05, 3.63) is 56.0 Å². The van der Waals surface area contributed by atoms with Gasteiger partial charge in [-0.15, -0.1) is 0 Å². The lowest BCUT2D eigenvalue weighted by molar-refractivity contribution is -0.384. The molecule has 2 rings (SSSR count). The van der Waals surface area contributed by atoms with Gasteiger partial charge in [0.25, 0.3) is 11.2 Å². The third-order valence-electron chi connectivity index (χ3n) is 2.87. The van der Waals surface area contributed by atoms with Gasteiger partial charge in [0.15, 0.2) is 0 Å². The molecule has 0 saturated heterocycles. The van der Waals surface area contributed by atoms with E-state index in [1.165, 1.54) is 16.8 Å². The molecular formula is C12H13N3O3. The first kappa shape index (κ1) is 12.1. The number of aromatic amines is 1. The predicted octanol–water partition coefficient (Wildman–Crippen LogP) is 1.94. The van der Waals surface area contributed by atoms with Gasteiger partial charge in [-0.1, -0.05) is 6.92 Å². The molecule has 0 amide bonds.